The average molecular weight is 413 g/mol. The fraction of sp³-hybridized carbons (Fsp3) is 0.593. The second-order valence-corrected chi connectivity index (χ2v) is 12.0. The molecule has 0 atom stereocenters. The Hall–Kier alpha value is -1.65. The van der Waals surface area contributed by atoms with Gasteiger partial charge in [0.15, 0.2) is 0 Å². The van der Waals surface area contributed by atoms with Gasteiger partial charge in [-0.3, -0.25) is 4.98 Å². The fourth-order valence-electron chi connectivity index (χ4n) is 8.18. The molecule has 0 amide bonds. The van der Waals surface area contributed by atoms with Crippen molar-refractivity contribution in [1.82, 2.24) is 4.98 Å². The lowest BCUT2D eigenvalue weighted by Crippen LogP contribution is -2.55. The van der Waals surface area contributed by atoms with Gasteiger partial charge in [0.05, 0.1) is 11.2 Å². The summed E-state index contributed by atoms with van der Waals surface area (Å²) in [4.78, 5) is 4.64. The molecule has 1 spiro atoms. The molecule has 31 heavy (non-hydrogen) atoms. The molecule has 3 nitrogen and oxygen atoms in total. The van der Waals surface area contributed by atoms with Gasteiger partial charge in [-0.1, -0.05) is 18.2 Å². The van der Waals surface area contributed by atoms with E-state index in [9.17, 15) is 0 Å². The zero-order valence-electron chi connectivity index (χ0n) is 19.2. The van der Waals surface area contributed by atoms with Gasteiger partial charge in [-0.05, 0) is 117 Å². The average Bonchev–Trinajstić information content (AvgIpc) is 3.13. The number of rotatable bonds is 1. The highest BCUT2D eigenvalue weighted by Gasteiger charge is 2.62. The Labute approximate surface area is 186 Å². The Morgan fingerprint density at radius 3 is 2.10 bits per heavy atom. The van der Waals surface area contributed by atoms with E-state index < -0.39 is 0 Å². The Kier molecular flexibility index (Phi) is 3.55. The Morgan fingerprint density at radius 1 is 0.806 bits per heavy atom. The van der Waals surface area contributed by atoms with Crippen molar-refractivity contribution in [3.8, 4) is 11.1 Å². The maximum Gasteiger partial charge on any atom is 0.494 e. The largest absolute Gasteiger partial charge is 0.494 e. The van der Waals surface area contributed by atoms with Crippen molar-refractivity contribution in [3.05, 3.63) is 47.8 Å². The summed E-state index contributed by atoms with van der Waals surface area (Å²) in [7, 11) is -0.310. The Balaban J connectivity index is 1.38. The molecule has 1 aromatic carbocycles. The first-order chi connectivity index (χ1) is 14.8. The number of hydrogen-bond acceptors (Lipinski definition) is 3. The third-order valence-corrected chi connectivity index (χ3v) is 10.00. The lowest BCUT2D eigenvalue weighted by molar-refractivity contribution is -0.0400. The van der Waals surface area contributed by atoms with Crippen molar-refractivity contribution in [3.63, 3.8) is 0 Å². The maximum absolute atomic E-state index is 6.39. The van der Waals surface area contributed by atoms with Crippen molar-refractivity contribution < 1.29 is 9.31 Å². The highest BCUT2D eigenvalue weighted by atomic mass is 16.7. The summed E-state index contributed by atoms with van der Waals surface area (Å²) in [5, 5.41) is 0. The first kappa shape index (κ1) is 18.9. The van der Waals surface area contributed by atoms with Crippen LogP contribution in [0.4, 0.5) is 0 Å². The topological polar surface area (TPSA) is 31.4 Å². The van der Waals surface area contributed by atoms with E-state index >= 15 is 0 Å². The first-order valence-corrected chi connectivity index (χ1v) is 12.2. The molecule has 1 aliphatic heterocycles. The molecular formula is C27H32BNO2. The molecule has 0 N–H and O–H groups in total. The van der Waals surface area contributed by atoms with E-state index in [1.807, 2.05) is 6.20 Å². The molecule has 1 aromatic heterocycles. The van der Waals surface area contributed by atoms with Crippen LogP contribution < -0.4 is 5.46 Å². The van der Waals surface area contributed by atoms with Crippen LogP contribution in [-0.2, 0) is 14.7 Å². The van der Waals surface area contributed by atoms with Crippen LogP contribution in [0.15, 0.2) is 36.7 Å². The van der Waals surface area contributed by atoms with Crippen molar-refractivity contribution in [2.24, 2.45) is 23.7 Å². The molecule has 0 unspecified atom stereocenters. The smallest absolute Gasteiger partial charge is 0.399 e. The van der Waals surface area contributed by atoms with Gasteiger partial charge in [0.25, 0.3) is 0 Å². The second-order valence-electron chi connectivity index (χ2n) is 12.0. The summed E-state index contributed by atoms with van der Waals surface area (Å²) in [5.41, 5.74) is 6.55. The van der Waals surface area contributed by atoms with E-state index in [0.29, 0.717) is 0 Å². The molecule has 6 aliphatic rings. The molecule has 8 rings (SSSR count). The number of fused-ring (bicyclic) bond motifs is 3. The quantitative estimate of drug-likeness (QED) is 0.610. The molecule has 4 bridgehead atoms. The predicted molar refractivity (Wildman–Crippen MR) is 123 cm³/mol. The second kappa shape index (κ2) is 5.82. The van der Waals surface area contributed by atoms with E-state index in [1.165, 1.54) is 48.8 Å². The van der Waals surface area contributed by atoms with Crippen LogP contribution in [0.3, 0.4) is 0 Å². The molecule has 5 aliphatic carbocycles. The molecule has 1 saturated heterocycles. The summed E-state index contributed by atoms with van der Waals surface area (Å²) < 4.78 is 12.8. The molecule has 0 radical (unpaired) electrons. The fourth-order valence-corrected chi connectivity index (χ4v) is 8.18. The van der Waals surface area contributed by atoms with E-state index in [4.69, 9.17) is 9.31 Å². The van der Waals surface area contributed by atoms with Crippen LogP contribution in [0.25, 0.3) is 11.1 Å². The van der Waals surface area contributed by atoms with Crippen LogP contribution in [0.1, 0.15) is 70.9 Å². The number of benzene rings is 1. The van der Waals surface area contributed by atoms with Crippen LogP contribution in [0.2, 0.25) is 0 Å². The van der Waals surface area contributed by atoms with Crippen molar-refractivity contribution in [2.45, 2.75) is 76.4 Å². The van der Waals surface area contributed by atoms with Crippen molar-refractivity contribution >= 4 is 12.6 Å². The summed E-state index contributed by atoms with van der Waals surface area (Å²) in [6.45, 7) is 8.52. The normalized spacial score (nSPS) is 38.0. The molecule has 4 heteroatoms. The third kappa shape index (κ3) is 2.26. The highest BCUT2D eigenvalue weighted by molar-refractivity contribution is 6.62. The van der Waals surface area contributed by atoms with Crippen molar-refractivity contribution in [2.75, 3.05) is 0 Å². The zero-order chi connectivity index (χ0) is 21.2. The minimum absolute atomic E-state index is 0.181. The number of pyridine rings is 1. The van der Waals surface area contributed by atoms with E-state index in [1.54, 1.807) is 5.56 Å². The third-order valence-electron chi connectivity index (χ3n) is 10.00. The summed E-state index contributed by atoms with van der Waals surface area (Å²) in [5.74, 6) is 3.47. The molecular weight excluding hydrogens is 381 g/mol. The van der Waals surface area contributed by atoms with E-state index in [-0.39, 0.29) is 23.7 Å². The highest BCUT2D eigenvalue weighted by Crippen LogP contribution is 2.69. The van der Waals surface area contributed by atoms with E-state index in [0.717, 1.165) is 29.1 Å². The van der Waals surface area contributed by atoms with Gasteiger partial charge < -0.3 is 9.31 Å². The molecule has 2 heterocycles. The van der Waals surface area contributed by atoms with Gasteiger partial charge in [-0.15, -0.1) is 0 Å². The molecule has 4 saturated carbocycles. The van der Waals surface area contributed by atoms with Gasteiger partial charge >= 0.3 is 7.12 Å². The number of hydrogen-bond donors (Lipinski definition) is 0. The number of nitrogens with zero attached hydrogens (tertiary/aromatic N) is 1. The van der Waals surface area contributed by atoms with Crippen LogP contribution in [0, 0.1) is 23.7 Å². The van der Waals surface area contributed by atoms with Crippen LogP contribution in [-0.4, -0.2) is 23.3 Å². The predicted octanol–water partition coefficient (Wildman–Crippen LogP) is 5.10. The summed E-state index contributed by atoms with van der Waals surface area (Å²) in [6.07, 6.45) is 11.3. The van der Waals surface area contributed by atoms with Gasteiger partial charge in [-0.2, -0.15) is 0 Å². The lowest BCUT2D eigenvalue weighted by atomic mass is 9.43. The maximum atomic E-state index is 6.39. The summed E-state index contributed by atoms with van der Waals surface area (Å²) in [6, 6.07) is 9.34. The van der Waals surface area contributed by atoms with Crippen molar-refractivity contribution in [1.29, 1.82) is 0 Å². The van der Waals surface area contributed by atoms with Crippen LogP contribution >= 0.6 is 0 Å². The molecule has 2 aromatic rings. The van der Waals surface area contributed by atoms with Gasteiger partial charge in [0.1, 0.15) is 0 Å². The minimum Gasteiger partial charge on any atom is -0.399 e. The Bertz CT molecular complexity index is 1050. The zero-order valence-corrected chi connectivity index (χ0v) is 19.2. The number of aromatic nitrogens is 1. The van der Waals surface area contributed by atoms with E-state index in [2.05, 4.69) is 63.1 Å². The minimum atomic E-state index is -0.318. The molecule has 5 fully saturated rings. The molecule has 160 valence electrons. The standard InChI is InChI=1S/C27H32BNO2/c1-25(2)26(3,4)31-28(30-25)20-5-6-23-22(14-20)21-7-8-29-15-24(21)27(23)18-10-16-9-17(12-18)13-19(27)11-16/h5-8,14-19H,9-13H2,1-4H3. The van der Waals surface area contributed by atoms with Crippen LogP contribution in [0.5, 0.6) is 0 Å². The van der Waals surface area contributed by atoms with Gasteiger partial charge in [-0.25, -0.2) is 0 Å². The van der Waals surface area contributed by atoms with Gasteiger partial charge in [0, 0.05) is 17.8 Å². The SMILES string of the molecule is CC1(C)OB(c2ccc3c(c2)-c2ccncc2C32C3CC4CC(C3)CC2C4)OC1(C)C. The summed E-state index contributed by atoms with van der Waals surface area (Å²) >= 11 is 0. The monoisotopic (exact) mass is 413 g/mol. The lowest BCUT2D eigenvalue weighted by Gasteiger charge is -2.61. The first-order valence-electron chi connectivity index (χ1n) is 12.2. The van der Waals surface area contributed by atoms with Gasteiger partial charge in [0.2, 0.25) is 0 Å². The Morgan fingerprint density at radius 2 is 1.45 bits per heavy atom.